The van der Waals surface area contributed by atoms with Crippen LogP contribution in [0.4, 0.5) is 74.6 Å². The molecule has 0 N–H and O–H groups in total. The second-order valence-corrected chi connectivity index (χ2v) is 11.9. The van der Waals surface area contributed by atoms with E-state index in [1.807, 2.05) is 0 Å². The van der Waals surface area contributed by atoms with Crippen LogP contribution in [0.15, 0.2) is 48.5 Å². The third kappa shape index (κ3) is 9.65. The molecule has 54 heavy (non-hydrogen) atoms. The standard InChI is InChI=1S/C34H31F17O3/c1-2-3-4-5-6-7-8-20-53-25-17-13-23(14-18-25)10-9-22-11-15-24(16-12-22)26(52)54-21-19-27(35,36)28(37,38)29(39,40)30(41,42)31(43,44)32(45,46)33(47,48)34(49,50)51/h11-18H,2-8,19-21H2,1H3. The van der Waals surface area contributed by atoms with E-state index in [4.69, 9.17) is 4.74 Å². The smallest absolute Gasteiger partial charge is 0.460 e. The lowest BCUT2D eigenvalue weighted by Gasteiger charge is -2.42. The first kappa shape index (κ1) is 46.2. The Morgan fingerprint density at radius 3 is 1.39 bits per heavy atom. The highest BCUT2D eigenvalue weighted by Crippen LogP contribution is 2.64. The summed E-state index contributed by atoms with van der Waals surface area (Å²) < 4.78 is 238. The van der Waals surface area contributed by atoms with Gasteiger partial charge < -0.3 is 9.47 Å². The Morgan fingerprint density at radius 2 is 0.926 bits per heavy atom. The zero-order chi connectivity index (χ0) is 41.4. The Kier molecular flexibility index (Phi) is 14.8. The average molecular weight is 811 g/mol. The molecular formula is C34H31F17O3. The van der Waals surface area contributed by atoms with Crippen molar-refractivity contribution < 1.29 is 88.9 Å². The first-order valence-electron chi connectivity index (χ1n) is 15.9. The summed E-state index contributed by atoms with van der Waals surface area (Å²) in [6, 6.07) is 11.0. The Bertz CT molecular complexity index is 1570. The Labute approximate surface area is 297 Å². The van der Waals surface area contributed by atoms with E-state index in [0.717, 1.165) is 37.8 Å². The van der Waals surface area contributed by atoms with E-state index in [1.54, 1.807) is 24.3 Å². The van der Waals surface area contributed by atoms with E-state index < -0.39 is 72.2 Å². The van der Waals surface area contributed by atoms with Crippen molar-refractivity contribution in [3.8, 4) is 17.6 Å². The maximum Gasteiger partial charge on any atom is 0.460 e. The van der Waals surface area contributed by atoms with Crippen LogP contribution in [-0.4, -0.2) is 66.8 Å². The molecule has 0 aliphatic carbocycles. The predicted molar refractivity (Wildman–Crippen MR) is 158 cm³/mol. The normalized spacial score (nSPS) is 13.7. The molecule has 0 aromatic heterocycles. The monoisotopic (exact) mass is 810 g/mol. The number of unbranched alkanes of at least 4 members (excludes halogenated alkanes) is 6. The largest absolute Gasteiger partial charge is 0.494 e. The maximum atomic E-state index is 14.1. The van der Waals surface area contributed by atoms with E-state index in [9.17, 15) is 79.4 Å². The first-order chi connectivity index (χ1) is 24.6. The summed E-state index contributed by atoms with van der Waals surface area (Å²) in [6.45, 7) is 0.629. The lowest BCUT2D eigenvalue weighted by Crippen LogP contribution is -2.74. The van der Waals surface area contributed by atoms with Gasteiger partial charge in [0.15, 0.2) is 0 Å². The van der Waals surface area contributed by atoms with Crippen LogP contribution in [0, 0.1) is 11.8 Å². The molecule has 0 amide bonds. The number of rotatable bonds is 19. The molecule has 0 fully saturated rings. The lowest BCUT2D eigenvalue weighted by atomic mass is 9.88. The van der Waals surface area contributed by atoms with Gasteiger partial charge in [-0.2, -0.15) is 74.6 Å². The molecule has 0 aliphatic heterocycles. The van der Waals surface area contributed by atoms with E-state index >= 15 is 0 Å². The molecule has 0 radical (unpaired) electrons. The van der Waals surface area contributed by atoms with Crippen LogP contribution in [0.1, 0.15) is 79.8 Å². The number of halogens is 17. The van der Waals surface area contributed by atoms with Crippen LogP contribution in [0.3, 0.4) is 0 Å². The number of hydrogen-bond acceptors (Lipinski definition) is 3. The second-order valence-electron chi connectivity index (χ2n) is 11.9. The van der Waals surface area contributed by atoms with Crippen molar-refractivity contribution >= 4 is 5.97 Å². The highest BCUT2D eigenvalue weighted by atomic mass is 19.4. The molecule has 2 aromatic rings. The van der Waals surface area contributed by atoms with Gasteiger partial charge in [-0.15, -0.1) is 0 Å². The number of carbonyl (C=O) groups excluding carboxylic acids is 1. The zero-order valence-electron chi connectivity index (χ0n) is 27.8. The fourth-order valence-electron chi connectivity index (χ4n) is 4.43. The van der Waals surface area contributed by atoms with Crippen molar-refractivity contribution in [2.24, 2.45) is 0 Å². The molecule has 3 nitrogen and oxygen atoms in total. The lowest BCUT2D eigenvalue weighted by molar-refractivity contribution is -0.461. The number of carbonyl (C=O) groups is 1. The highest BCUT2D eigenvalue weighted by molar-refractivity contribution is 5.89. The van der Waals surface area contributed by atoms with Gasteiger partial charge in [0.2, 0.25) is 0 Å². The van der Waals surface area contributed by atoms with E-state index in [0.29, 0.717) is 17.9 Å². The van der Waals surface area contributed by atoms with E-state index in [1.165, 1.54) is 31.4 Å². The highest BCUT2D eigenvalue weighted by Gasteiger charge is 2.95. The molecule has 2 aromatic carbocycles. The predicted octanol–water partition coefficient (Wildman–Crippen LogP) is 11.8. The second kappa shape index (κ2) is 17.3. The average Bonchev–Trinajstić information content (AvgIpc) is 3.08. The van der Waals surface area contributed by atoms with E-state index in [-0.39, 0.29) is 5.56 Å². The van der Waals surface area contributed by atoms with Gasteiger partial charge in [-0.25, -0.2) is 4.79 Å². The summed E-state index contributed by atoms with van der Waals surface area (Å²) in [5.41, 5.74) is 0.303. The minimum absolute atomic E-state index is 0.260. The molecule has 0 spiro atoms. The van der Waals surface area contributed by atoms with Crippen molar-refractivity contribution in [1.29, 1.82) is 0 Å². The number of esters is 1. The summed E-state index contributed by atoms with van der Waals surface area (Å²) >= 11 is 0. The summed E-state index contributed by atoms with van der Waals surface area (Å²) in [6.07, 6.45) is -2.91. The minimum Gasteiger partial charge on any atom is -0.494 e. The fraction of sp³-hybridized carbons (Fsp3) is 0.559. The summed E-state index contributed by atoms with van der Waals surface area (Å²) in [5.74, 6) is -52.6. The SMILES string of the molecule is CCCCCCCCCOc1ccc(C#Cc2ccc(C(=O)OCCC(F)(F)C(F)(F)C(F)(F)C(F)(F)C(F)(F)C(F)(F)C(F)(F)C(F)(F)F)cc2)cc1. The molecule has 0 unspecified atom stereocenters. The molecule has 2 rings (SSSR count). The van der Waals surface area contributed by atoms with Crippen molar-refractivity contribution in [3.05, 3.63) is 65.2 Å². The van der Waals surface area contributed by atoms with Gasteiger partial charge in [0.1, 0.15) is 5.75 Å². The van der Waals surface area contributed by atoms with Crippen LogP contribution >= 0.6 is 0 Å². The minimum atomic E-state index is -8.71. The quantitative estimate of drug-likeness (QED) is 0.0614. The Balaban J connectivity index is 2.02. The van der Waals surface area contributed by atoms with Crippen LogP contribution in [0.2, 0.25) is 0 Å². The van der Waals surface area contributed by atoms with Gasteiger partial charge in [-0.3, -0.25) is 0 Å². The van der Waals surface area contributed by atoms with Crippen LogP contribution in [0.25, 0.3) is 0 Å². The number of benzene rings is 2. The molecule has 0 atom stereocenters. The van der Waals surface area contributed by atoms with Crippen molar-refractivity contribution in [1.82, 2.24) is 0 Å². The first-order valence-corrected chi connectivity index (χ1v) is 15.9. The molecule has 0 bridgehead atoms. The third-order valence-corrected chi connectivity index (χ3v) is 7.78. The number of alkyl halides is 17. The van der Waals surface area contributed by atoms with E-state index in [2.05, 4.69) is 23.5 Å². The summed E-state index contributed by atoms with van der Waals surface area (Å²) in [5, 5.41) is 0. The topological polar surface area (TPSA) is 35.5 Å². The van der Waals surface area contributed by atoms with Gasteiger partial charge in [0.05, 0.1) is 25.2 Å². The summed E-state index contributed by atoms with van der Waals surface area (Å²) in [4.78, 5) is 12.1. The summed E-state index contributed by atoms with van der Waals surface area (Å²) in [7, 11) is 0. The van der Waals surface area contributed by atoms with Gasteiger partial charge in [-0.05, 0) is 55.0 Å². The van der Waals surface area contributed by atoms with Crippen LogP contribution in [-0.2, 0) is 4.74 Å². The fourth-order valence-corrected chi connectivity index (χ4v) is 4.43. The van der Waals surface area contributed by atoms with Crippen molar-refractivity contribution in [3.63, 3.8) is 0 Å². The van der Waals surface area contributed by atoms with Crippen molar-refractivity contribution in [2.45, 2.75) is 106 Å². The van der Waals surface area contributed by atoms with Gasteiger partial charge in [0, 0.05) is 11.1 Å². The molecule has 0 saturated heterocycles. The Morgan fingerprint density at radius 1 is 0.519 bits per heavy atom. The van der Waals surface area contributed by atoms with Crippen molar-refractivity contribution in [2.75, 3.05) is 13.2 Å². The third-order valence-electron chi connectivity index (χ3n) is 7.78. The molecule has 0 aliphatic rings. The molecule has 20 heteroatoms. The van der Waals surface area contributed by atoms with Gasteiger partial charge in [0.25, 0.3) is 0 Å². The number of hydrogen-bond donors (Lipinski definition) is 0. The van der Waals surface area contributed by atoms with Gasteiger partial charge >= 0.3 is 53.6 Å². The molecule has 0 heterocycles. The molecule has 0 saturated carbocycles. The molecule has 304 valence electrons. The van der Waals surface area contributed by atoms with Gasteiger partial charge in [-0.1, -0.05) is 57.3 Å². The zero-order valence-corrected chi connectivity index (χ0v) is 27.8. The molecular weight excluding hydrogens is 779 g/mol. The van der Waals surface area contributed by atoms with Crippen LogP contribution < -0.4 is 4.74 Å². The van der Waals surface area contributed by atoms with Crippen LogP contribution in [0.5, 0.6) is 5.75 Å². The maximum absolute atomic E-state index is 14.1. The number of ether oxygens (including phenoxy) is 2. The Hall–Kier alpha value is -3.92.